The molecule has 146 valence electrons. The molecule has 3 N–H and O–H groups in total. The number of aryl methyl sites for hydroxylation is 2. The van der Waals surface area contributed by atoms with E-state index in [-0.39, 0.29) is 25.3 Å². The number of urea groups is 1. The Bertz CT molecular complexity index is 1080. The zero-order valence-electron chi connectivity index (χ0n) is 15.8. The molecule has 2 aromatic carbocycles. The highest BCUT2D eigenvalue weighted by Gasteiger charge is 2.17. The van der Waals surface area contributed by atoms with Gasteiger partial charge in [0.05, 0.1) is 29.4 Å². The van der Waals surface area contributed by atoms with Crippen molar-refractivity contribution in [2.45, 2.75) is 20.4 Å². The third-order valence-corrected chi connectivity index (χ3v) is 5.09. The van der Waals surface area contributed by atoms with Crippen molar-refractivity contribution < 1.29 is 9.90 Å². The average Bonchev–Trinajstić information content (AvgIpc) is 2.67. The van der Waals surface area contributed by atoms with Gasteiger partial charge in [0.25, 0.3) is 5.56 Å². The largest absolute Gasteiger partial charge is 0.395 e. The number of aromatic nitrogens is 1. The summed E-state index contributed by atoms with van der Waals surface area (Å²) in [5.74, 6) is 0. The number of halogens is 1. The SMILES string of the molecule is Cc1ccc2cc(CN(CCO)C(=O)Nc3ccccc3Cl)c(=O)[nH]c2c1C. The minimum absolute atomic E-state index is 0.0645. The molecule has 3 aromatic rings. The standard InChI is InChI=1S/C21H22ClN3O3/c1-13-7-8-15-11-16(20(27)24-19(15)14(13)2)12-25(9-10-26)21(28)23-18-6-4-3-5-17(18)22/h3-8,11,26H,9-10,12H2,1-2H3,(H,23,28)(H,24,27). The lowest BCUT2D eigenvalue weighted by molar-refractivity contribution is 0.185. The predicted octanol–water partition coefficient (Wildman–Crippen LogP) is 3.82. The molecule has 1 aromatic heterocycles. The molecule has 0 radical (unpaired) electrons. The molecule has 0 unspecified atom stereocenters. The highest BCUT2D eigenvalue weighted by atomic mass is 35.5. The van der Waals surface area contributed by atoms with Crippen molar-refractivity contribution in [3.8, 4) is 0 Å². The average molecular weight is 400 g/mol. The first kappa shape index (κ1) is 19.9. The lowest BCUT2D eigenvalue weighted by Crippen LogP contribution is -2.38. The number of nitrogens with one attached hydrogen (secondary N) is 2. The molecule has 7 heteroatoms. The maximum Gasteiger partial charge on any atom is 0.322 e. The van der Waals surface area contributed by atoms with Crippen molar-refractivity contribution in [1.82, 2.24) is 9.88 Å². The molecule has 2 amide bonds. The number of rotatable bonds is 5. The van der Waals surface area contributed by atoms with E-state index in [9.17, 15) is 14.7 Å². The molecule has 0 spiro atoms. The van der Waals surface area contributed by atoms with Crippen LogP contribution in [0.5, 0.6) is 0 Å². The first-order chi connectivity index (χ1) is 13.4. The van der Waals surface area contributed by atoms with Gasteiger partial charge in [0, 0.05) is 12.1 Å². The van der Waals surface area contributed by atoms with Crippen LogP contribution in [0, 0.1) is 13.8 Å². The predicted molar refractivity (Wildman–Crippen MR) is 112 cm³/mol. The van der Waals surface area contributed by atoms with Crippen molar-refractivity contribution in [3.63, 3.8) is 0 Å². The monoisotopic (exact) mass is 399 g/mol. The van der Waals surface area contributed by atoms with Gasteiger partial charge in [-0.15, -0.1) is 0 Å². The maximum absolute atomic E-state index is 12.7. The quantitative estimate of drug-likeness (QED) is 0.609. The van der Waals surface area contributed by atoms with Crippen LogP contribution in [0.2, 0.25) is 5.02 Å². The Morgan fingerprint density at radius 3 is 2.68 bits per heavy atom. The van der Waals surface area contributed by atoms with Crippen molar-refractivity contribution >= 4 is 34.2 Å². The number of benzene rings is 2. The second-order valence-electron chi connectivity index (χ2n) is 6.65. The molecule has 6 nitrogen and oxygen atoms in total. The summed E-state index contributed by atoms with van der Waals surface area (Å²) in [5, 5.41) is 13.4. The van der Waals surface area contributed by atoms with Crippen LogP contribution in [-0.2, 0) is 6.54 Å². The van der Waals surface area contributed by atoms with E-state index >= 15 is 0 Å². The number of aliphatic hydroxyl groups is 1. The normalized spacial score (nSPS) is 10.9. The molecule has 1 heterocycles. The Balaban J connectivity index is 1.89. The number of aliphatic hydroxyl groups excluding tert-OH is 1. The van der Waals surface area contributed by atoms with Gasteiger partial charge in [0.15, 0.2) is 0 Å². The van der Waals surface area contributed by atoms with E-state index in [1.165, 1.54) is 4.90 Å². The number of fused-ring (bicyclic) bond motifs is 1. The summed E-state index contributed by atoms with van der Waals surface area (Å²) in [7, 11) is 0. The molecule has 0 aliphatic heterocycles. The first-order valence-corrected chi connectivity index (χ1v) is 9.32. The van der Waals surface area contributed by atoms with Crippen LogP contribution in [-0.4, -0.2) is 34.2 Å². The van der Waals surface area contributed by atoms with Crippen LogP contribution in [0.25, 0.3) is 10.9 Å². The Morgan fingerprint density at radius 2 is 1.96 bits per heavy atom. The number of hydrogen-bond donors (Lipinski definition) is 3. The molecular weight excluding hydrogens is 378 g/mol. The van der Waals surface area contributed by atoms with Crippen molar-refractivity contribution in [3.05, 3.63) is 74.5 Å². The number of nitrogens with zero attached hydrogens (tertiary/aromatic N) is 1. The number of pyridine rings is 1. The number of anilines is 1. The van der Waals surface area contributed by atoms with Crippen LogP contribution < -0.4 is 10.9 Å². The molecule has 0 fully saturated rings. The summed E-state index contributed by atoms with van der Waals surface area (Å²) in [6.07, 6.45) is 0. The van der Waals surface area contributed by atoms with Gasteiger partial charge >= 0.3 is 6.03 Å². The smallest absolute Gasteiger partial charge is 0.322 e. The van der Waals surface area contributed by atoms with Gasteiger partial charge in [-0.25, -0.2) is 4.79 Å². The Morgan fingerprint density at radius 1 is 1.21 bits per heavy atom. The number of carbonyl (C=O) groups excluding carboxylic acids is 1. The van der Waals surface area contributed by atoms with Gasteiger partial charge in [-0.1, -0.05) is 35.9 Å². The number of para-hydroxylation sites is 1. The van der Waals surface area contributed by atoms with Crippen molar-refractivity contribution in [2.24, 2.45) is 0 Å². The van der Waals surface area contributed by atoms with Gasteiger partial charge in [0.2, 0.25) is 0 Å². The van der Waals surface area contributed by atoms with Gasteiger partial charge < -0.3 is 20.3 Å². The summed E-state index contributed by atoms with van der Waals surface area (Å²) in [5.41, 5.74) is 3.56. The summed E-state index contributed by atoms with van der Waals surface area (Å²) in [6.45, 7) is 3.88. The van der Waals surface area contributed by atoms with E-state index in [2.05, 4.69) is 10.3 Å². The highest BCUT2D eigenvalue weighted by Crippen LogP contribution is 2.22. The van der Waals surface area contributed by atoms with E-state index in [1.807, 2.05) is 26.0 Å². The lowest BCUT2D eigenvalue weighted by Gasteiger charge is -2.22. The fourth-order valence-corrected chi connectivity index (χ4v) is 3.21. The van der Waals surface area contributed by atoms with Crippen LogP contribution in [0.3, 0.4) is 0 Å². The second kappa shape index (κ2) is 8.46. The number of amides is 2. The van der Waals surface area contributed by atoms with E-state index in [1.54, 1.807) is 30.3 Å². The summed E-state index contributed by atoms with van der Waals surface area (Å²) < 4.78 is 0. The molecule has 0 atom stereocenters. The summed E-state index contributed by atoms with van der Waals surface area (Å²) in [4.78, 5) is 29.5. The third kappa shape index (κ3) is 4.18. The zero-order chi connectivity index (χ0) is 20.3. The minimum atomic E-state index is -0.443. The molecule has 0 aliphatic rings. The molecule has 0 bridgehead atoms. The maximum atomic E-state index is 12.7. The van der Waals surface area contributed by atoms with Crippen molar-refractivity contribution in [2.75, 3.05) is 18.5 Å². The number of aromatic amines is 1. The Hall–Kier alpha value is -2.83. The molecule has 28 heavy (non-hydrogen) atoms. The number of hydrogen-bond acceptors (Lipinski definition) is 3. The topological polar surface area (TPSA) is 85.4 Å². The first-order valence-electron chi connectivity index (χ1n) is 8.94. The molecule has 3 rings (SSSR count). The second-order valence-corrected chi connectivity index (χ2v) is 7.06. The van der Waals surface area contributed by atoms with Gasteiger partial charge in [0.1, 0.15) is 0 Å². The summed E-state index contributed by atoms with van der Waals surface area (Å²) in [6, 6.07) is 12.2. The zero-order valence-corrected chi connectivity index (χ0v) is 16.5. The van der Waals surface area contributed by atoms with Gasteiger partial charge in [-0.3, -0.25) is 4.79 Å². The van der Waals surface area contributed by atoms with Gasteiger partial charge in [-0.05, 0) is 48.6 Å². The highest BCUT2D eigenvalue weighted by molar-refractivity contribution is 6.33. The third-order valence-electron chi connectivity index (χ3n) is 4.76. The van der Waals surface area contributed by atoms with Crippen LogP contribution in [0.15, 0.2) is 47.3 Å². The Labute approximate surface area is 167 Å². The minimum Gasteiger partial charge on any atom is -0.395 e. The van der Waals surface area contributed by atoms with Crippen LogP contribution >= 0.6 is 11.6 Å². The number of H-pyrrole nitrogens is 1. The molecule has 0 saturated carbocycles. The van der Waals surface area contributed by atoms with E-state index < -0.39 is 6.03 Å². The Kier molecular flexibility index (Phi) is 6.02. The molecule has 0 aliphatic carbocycles. The van der Waals surface area contributed by atoms with Crippen LogP contribution in [0.1, 0.15) is 16.7 Å². The lowest BCUT2D eigenvalue weighted by atomic mass is 10.0. The van der Waals surface area contributed by atoms with E-state index in [0.717, 1.165) is 22.0 Å². The summed E-state index contributed by atoms with van der Waals surface area (Å²) >= 11 is 6.09. The molecule has 0 saturated heterocycles. The van der Waals surface area contributed by atoms with Crippen molar-refractivity contribution in [1.29, 1.82) is 0 Å². The van der Waals surface area contributed by atoms with Crippen LogP contribution in [0.4, 0.5) is 10.5 Å². The molecular formula is C21H22ClN3O3. The van der Waals surface area contributed by atoms with Gasteiger partial charge in [-0.2, -0.15) is 0 Å². The fourth-order valence-electron chi connectivity index (χ4n) is 3.02. The van der Waals surface area contributed by atoms with E-state index in [0.29, 0.717) is 16.3 Å². The fraction of sp³-hybridized carbons (Fsp3) is 0.238. The number of carbonyl (C=O) groups is 1. The van der Waals surface area contributed by atoms with E-state index in [4.69, 9.17) is 11.6 Å².